The van der Waals surface area contributed by atoms with Crippen molar-refractivity contribution >= 4 is 12.3 Å². The van der Waals surface area contributed by atoms with Gasteiger partial charge in [-0.15, -0.1) is 0 Å². The fourth-order valence-corrected chi connectivity index (χ4v) is 2.97. The van der Waals surface area contributed by atoms with Crippen molar-refractivity contribution in [1.82, 2.24) is 0 Å². The molecule has 1 heterocycles. The van der Waals surface area contributed by atoms with Crippen LogP contribution >= 0.6 is 0 Å². The molecule has 1 aromatic rings. The average molecular weight is 499 g/mol. The standard InChI is InChI=1S/C18H36O6.C8H6O3/c1-3-5-9-21-13-15-23-11-7-17(18(19)20)8-12-24-16-14-22-10-6-4-2;9-4-6-1-2-7-8(3-6)11-5-10-7/h17H,3-16H2,1-2H3,(H,19,20);1-4H,5H2. The van der Waals surface area contributed by atoms with Gasteiger partial charge in [0.15, 0.2) is 11.5 Å². The molecule has 0 saturated heterocycles. The smallest absolute Gasteiger partial charge is 0.306 e. The maximum atomic E-state index is 11.2. The lowest BCUT2D eigenvalue weighted by Crippen LogP contribution is -2.19. The van der Waals surface area contributed by atoms with Crippen molar-refractivity contribution in [3.8, 4) is 11.5 Å². The lowest BCUT2D eigenvalue weighted by atomic mass is 10.0. The van der Waals surface area contributed by atoms with Gasteiger partial charge in [0.05, 0.1) is 32.3 Å². The summed E-state index contributed by atoms with van der Waals surface area (Å²) >= 11 is 0. The van der Waals surface area contributed by atoms with E-state index in [-0.39, 0.29) is 6.79 Å². The average Bonchev–Trinajstić information content (AvgIpc) is 3.34. The number of aldehydes is 1. The maximum absolute atomic E-state index is 11.2. The van der Waals surface area contributed by atoms with Crippen molar-refractivity contribution in [2.75, 3.05) is 59.6 Å². The monoisotopic (exact) mass is 498 g/mol. The molecule has 0 atom stereocenters. The van der Waals surface area contributed by atoms with Gasteiger partial charge in [0.1, 0.15) is 6.29 Å². The first kappa shape index (κ1) is 30.8. The molecule has 0 fully saturated rings. The minimum atomic E-state index is -0.791. The van der Waals surface area contributed by atoms with Crippen molar-refractivity contribution in [3.05, 3.63) is 23.8 Å². The molecule has 0 bridgehead atoms. The van der Waals surface area contributed by atoms with Crippen molar-refractivity contribution in [2.45, 2.75) is 52.4 Å². The molecule has 0 unspecified atom stereocenters. The Labute approximate surface area is 209 Å². The van der Waals surface area contributed by atoms with Crippen molar-refractivity contribution < 1.29 is 43.1 Å². The number of carboxylic acids is 1. The zero-order valence-electron chi connectivity index (χ0n) is 21.2. The van der Waals surface area contributed by atoms with Gasteiger partial charge >= 0.3 is 5.97 Å². The van der Waals surface area contributed by atoms with E-state index < -0.39 is 11.9 Å². The molecule has 1 N–H and O–H groups in total. The lowest BCUT2D eigenvalue weighted by Gasteiger charge is -2.13. The molecule has 0 amide bonds. The van der Waals surface area contributed by atoms with Crippen LogP contribution in [-0.2, 0) is 23.7 Å². The van der Waals surface area contributed by atoms with Crippen LogP contribution in [0.15, 0.2) is 18.2 Å². The van der Waals surface area contributed by atoms with Gasteiger partial charge in [0, 0.05) is 32.0 Å². The molecule has 35 heavy (non-hydrogen) atoms. The van der Waals surface area contributed by atoms with E-state index in [1.165, 1.54) is 0 Å². The van der Waals surface area contributed by atoms with Crippen LogP contribution in [-0.4, -0.2) is 77.0 Å². The quantitative estimate of drug-likeness (QED) is 0.207. The Kier molecular flexibility index (Phi) is 18.6. The van der Waals surface area contributed by atoms with Gasteiger partial charge in [-0.2, -0.15) is 0 Å². The number of carbonyl (C=O) groups is 2. The van der Waals surface area contributed by atoms with Gasteiger partial charge in [-0.05, 0) is 43.9 Å². The predicted molar refractivity (Wildman–Crippen MR) is 131 cm³/mol. The number of aliphatic carboxylic acids is 1. The van der Waals surface area contributed by atoms with E-state index in [9.17, 15) is 14.7 Å². The molecule has 1 aliphatic heterocycles. The summed E-state index contributed by atoms with van der Waals surface area (Å²) in [5.74, 6) is 0.137. The Hall–Kier alpha value is -2.20. The minimum absolute atomic E-state index is 0.248. The summed E-state index contributed by atoms with van der Waals surface area (Å²) in [7, 11) is 0. The summed E-state index contributed by atoms with van der Waals surface area (Å²) in [6.45, 7) is 9.06. The molecule has 1 aliphatic rings. The zero-order chi connectivity index (χ0) is 25.6. The molecule has 0 radical (unpaired) electrons. The summed E-state index contributed by atoms with van der Waals surface area (Å²) in [6, 6.07) is 5.09. The van der Waals surface area contributed by atoms with Crippen LogP contribution in [0.2, 0.25) is 0 Å². The first-order chi connectivity index (χ1) is 17.1. The Morgan fingerprint density at radius 1 is 0.857 bits per heavy atom. The van der Waals surface area contributed by atoms with Gasteiger partial charge in [-0.1, -0.05) is 26.7 Å². The molecular formula is C26H42O9. The van der Waals surface area contributed by atoms with Gasteiger partial charge in [-0.25, -0.2) is 0 Å². The van der Waals surface area contributed by atoms with Crippen LogP contribution in [0.3, 0.4) is 0 Å². The van der Waals surface area contributed by atoms with E-state index in [2.05, 4.69) is 13.8 Å². The molecule has 9 nitrogen and oxygen atoms in total. The Bertz CT molecular complexity index is 661. The Morgan fingerprint density at radius 3 is 1.86 bits per heavy atom. The maximum Gasteiger partial charge on any atom is 0.306 e. The van der Waals surface area contributed by atoms with E-state index in [1.807, 2.05) is 0 Å². The molecule has 0 spiro atoms. The van der Waals surface area contributed by atoms with Crippen molar-refractivity contribution in [3.63, 3.8) is 0 Å². The molecule has 200 valence electrons. The summed E-state index contributed by atoms with van der Waals surface area (Å²) < 4.78 is 31.7. The largest absolute Gasteiger partial charge is 0.481 e. The SMILES string of the molecule is CCCCOCCOCCC(CCOCCOCCCC)C(=O)O.O=Cc1ccc2c(c1)OCO2. The predicted octanol–water partition coefficient (Wildman–Crippen LogP) is 4.36. The molecule has 2 rings (SSSR count). The van der Waals surface area contributed by atoms with Gasteiger partial charge in [0.25, 0.3) is 0 Å². The van der Waals surface area contributed by atoms with Gasteiger partial charge < -0.3 is 33.5 Å². The highest BCUT2D eigenvalue weighted by atomic mass is 16.7. The summed E-state index contributed by atoms with van der Waals surface area (Å²) in [6.07, 6.45) is 6.14. The second-order valence-electron chi connectivity index (χ2n) is 8.00. The number of rotatable bonds is 20. The minimum Gasteiger partial charge on any atom is -0.481 e. The number of carboxylic acid groups (broad SMARTS) is 1. The molecule has 9 heteroatoms. The highest BCUT2D eigenvalue weighted by molar-refractivity contribution is 5.76. The summed E-state index contributed by atoms with van der Waals surface area (Å²) in [5, 5.41) is 9.21. The third-order valence-electron chi connectivity index (χ3n) is 5.13. The number of fused-ring (bicyclic) bond motifs is 1. The van der Waals surface area contributed by atoms with Crippen LogP contribution in [0.5, 0.6) is 11.5 Å². The van der Waals surface area contributed by atoms with Crippen LogP contribution in [0.1, 0.15) is 62.7 Å². The molecule has 0 saturated carbocycles. The highest BCUT2D eigenvalue weighted by Gasteiger charge is 2.17. The molecular weight excluding hydrogens is 456 g/mol. The third-order valence-corrected chi connectivity index (χ3v) is 5.13. The number of carbonyl (C=O) groups excluding carboxylic acids is 1. The molecule has 0 aliphatic carbocycles. The van der Waals surface area contributed by atoms with Crippen LogP contribution in [0.25, 0.3) is 0 Å². The molecule has 0 aromatic heterocycles. The number of hydrogen-bond donors (Lipinski definition) is 1. The zero-order valence-corrected chi connectivity index (χ0v) is 21.2. The molecule has 1 aromatic carbocycles. The normalized spacial score (nSPS) is 11.9. The van der Waals surface area contributed by atoms with Crippen LogP contribution in [0.4, 0.5) is 0 Å². The first-order valence-electron chi connectivity index (χ1n) is 12.5. The fourth-order valence-electron chi connectivity index (χ4n) is 2.97. The second kappa shape index (κ2) is 21.1. The topological polar surface area (TPSA) is 110 Å². The number of benzene rings is 1. The van der Waals surface area contributed by atoms with Gasteiger partial charge in [-0.3, -0.25) is 9.59 Å². The highest BCUT2D eigenvalue weighted by Crippen LogP contribution is 2.31. The number of unbranched alkanes of at least 4 members (excludes halogenated alkanes) is 2. The van der Waals surface area contributed by atoms with E-state index in [0.29, 0.717) is 69.5 Å². The fraction of sp³-hybridized carbons (Fsp3) is 0.692. The number of ether oxygens (including phenoxy) is 6. The van der Waals surface area contributed by atoms with Crippen LogP contribution < -0.4 is 9.47 Å². The summed E-state index contributed by atoms with van der Waals surface area (Å²) in [5.41, 5.74) is 0.606. The second-order valence-corrected chi connectivity index (χ2v) is 8.00. The van der Waals surface area contributed by atoms with E-state index in [1.54, 1.807) is 18.2 Å². The van der Waals surface area contributed by atoms with Crippen molar-refractivity contribution in [2.24, 2.45) is 5.92 Å². The summed E-state index contributed by atoms with van der Waals surface area (Å²) in [4.78, 5) is 21.5. The van der Waals surface area contributed by atoms with Gasteiger partial charge in [0.2, 0.25) is 6.79 Å². The van der Waals surface area contributed by atoms with E-state index in [4.69, 9.17) is 28.4 Å². The Morgan fingerprint density at radius 2 is 1.37 bits per heavy atom. The van der Waals surface area contributed by atoms with Crippen LogP contribution in [0, 0.1) is 5.92 Å². The first-order valence-corrected chi connectivity index (χ1v) is 12.5. The van der Waals surface area contributed by atoms with E-state index >= 15 is 0 Å². The van der Waals surface area contributed by atoms with E-state index in [0.717, 1.165) is 45.2 Å². The third kappa shape index (κ3) is 15.4. The lowest BCUT2D eigenvalue weighted by molar-refractivity contribution is -0.143. The van der Waals surface area contributed by atoms with Crippen molar-refractivity contribution in [1.29, 1.82) is 0 Å². The Balaban J connectivity index is 0.000000453. The number of hydrogen-bond acceptors (Lipinski definition) is 8.